The lowest BCUT2D eigenvalue weighted by Crippen LogP contribution is -2.29. The summed E-state index contributed by atoms with van der Waals surface area (Å²) in [4.78, 5) is 4.56. The van der Waals surface area contributed by atoms with Crippen molar-refractivity contribution in [2.45, 2.75) is 38.7 Å². The van der Waals surface area contributed by atoms with Crippen molar-refractivity contribution in [3.8, 4) is 5.75 Å². The van der Waals surface area contributed by atoms with Crippen LogP contribution in [0.4, 0.5) is 0 Å². The average molecular weight is 416 g/mol. The molecule has 2 aromatic carbocycles. The summed E-state index contributed by atoms with van der Waals surface area (Å²) in [5.74, 6) is 1.53. The van der Waals surface area contributed by atoms with E-state index in [0.29, 0.717) is 18.1 Å². The normalized spacial score (nSPS) is 11.8. The van der Waals surface area contributed by atoms with Gasteiger partial charge in [0.05, 0.1) is 4.90 Å². The molecule has 154 valence electrons. The van der Waals surface area contributed by atoms with E-state index in [1.54, 1.807) is 25.2 Å². The van der Waals surface area contributed by atoms with Crippen molar-refractivity contribution in [2.75, 3.05) is 13.6 Å². The second-order valence-electron chi connectivity index (χ2n) is 7.11. The molecular formula is C21H25N3O4S. The summed E-state index contributed by atoms with van der Waals surface area (Å²) in [7, 11) is -2.01. The van der Waals surface area contributed by atoms with Crippen LogP contribution in [-0.2, 0) is 23.1 Å². The molecule has 1 heterocycles. The fraction of sp³-hybridized carbons (Fsp3) is 0.333. The summed E-state index contributed by atoms with van der Waals surface area (Å²) in [6, 6.07) is 12.8. The minimum atomic E-state index is -3.56. The zero-order valence-electron chi connectivity index (χ0n) is 17.0. The van der Waals surface area contributed by atoms with Gasteiger partial charge in [0.1, 0.15) is 5.75 Å². The van der Waals surface area contributed by atoms with Gasteiger partial charge in [0, 0.05) is 20.0 Å². The van der Waals surface area contributed by atoms with Gasteiger partial charge in [-0.2, -0.15) is 4.98 Å². The Morgan fingerprint density at radius 3 is 2.45 bits per heavy atom. The SMILES string of the molecule is Cc1cc(C)cc(OCc2nc(CCN(C)S(=O)(=O)c3cccc(C)c3)no2)c1. The Kier molecular flexibility index (Phi) is 6.34. The molecule has 3 rings (SSSR count). The van der Waals surface area contributed by atoms with Crippen LogP contribution >= 0.6 is 0 Å². The molecule has 0 spiro atoms. The van der Waals surface area contributed by atoms with Gasteiger partial charge in [-0.25, -0.2) is 12.7 Å². The van der Waals surface area contributed by atoms with Crippen LogP contribution in [0, 0.1) is 20.8 Å². The van der Waals surface area contributed by atoms with Crippen LogP contribution in [0.25, 0.3) is 0 Å². The summed E-state index contributed by atoms with van der Waals surface area (Å²) < 4.78 is 37.6. The highest BCUT2D eigenvalue weighted by Gasteiger charge is 2.21. The van der Waals surface area contributed by atoms with Gasteiger partial charge in [0.15, 0.2) is 12.4 Å². The standard InChI is InChI=1S/C21H25N3O4S/c1-15-6-5-7-19(13-15)29(25,26)24(4)9-8-20-22-21(28-23-20)14-27-18-11-16(2)10-17(3)12-18/h5-7,10-13H,8-9,14H2,1-4H3. The van der Waals surface area contributed by atoms with Crippen molar-refractivity contribution < 1.29 is 17.7 Å². The van der Waals surface area contributed by atoms with Crippen molar-refractivity contribution in [3.05, 3.63) is 70.9 Å². The first-order valence-corrected chi connectivity index (χ1v) is 10.7. The monoisotopic (exact) mass is 415 g/mol. The second kappa shape index (κ2) is 8.75. The zero-order chi connectivity index (χ0) is 21.0. The Bertz CT molecular complexity index is 1070. The molecule has 7 nitrogen and oxygen atoms in total. The number of likely N-dealkylation sites (N-methyl/N-ethyl adjacent to an activating group) is 1. The van der Waals surface area contributed by atoms with E-state index in [4.69, 9.17) is 9.26 Å². The first-order valence-electron chi connectivity index (χ1n) is 9.29. The third kappa shape index (κ3) is 5.42. The number of rotatable bonds is 8. The summed E-state index contributed by atoms with van der Waals surface area (Å²) in [5.41, 5.74) is 3.12. The number of hydrogen-bond donors (Lipinski definition) is 0. The van der Waals surface area contributed by atoms with Gasteiger partial charge in [0.25, 0.3) is 5.89 Å². The van der Waals surface area contributed by atoms with Crippen molar-refractivity contribution in [2.24, 2.45) is 0 Å². The number of benzene rings is 2. The Hall–Kier alpha value is -2.71. The summed E-state index contributed by atoms with van der Waals surface area (Å²) >= 11 is 0. The van der Waals surface area contributed by atoms with Crippen LogP contribution in [0.2, 0.25) is 0 Å². The molecule has 3 aromatic rings. The summed E-state index contributed by atoms with van der Waals surface area (Å²) in [6.45, 7) is 6.28. The molecule has 0 saturated carbocycles. The molecule has 8 heteroatoms. The van der Waals surface area contributed by atoms with Crippen LogP contribution in [0.15, 0.2) is 51.9 Å². The third-order valence-electron chi connectivity index (χ3n) is 4.42. The van der Waals surface area contributed by atoms with Gasteiger partial charge in [-0.05, 0) is 61.7 Å². The van der Waals surface area contributed by atoms with E-state index in [1.165, 1.54) is 4.31 Å². The molecule has 0 aliphatic carbocycles. The Morgan fingerprint density at radius 1 is 1.03 bits per heavy atom. The molecule has 0 aliphatic heterocycles. The number of sulfonamides is 1. The molecule has 0 atom stereocenters. The van der Waals surface area contributed by atoms with Crippen LogP contribution in [0.1, 0.15) is 28.4 Å². The topological polar surface area (TPSA) is 85.5 Å². The molecule has 0 bridgehead atoms. The number of hydrogen-bond acceptors (Lipinski definition) is 6. The molecule has 0 aliphatic rings. The number of aromatic nitrogens is 2. The minimum absolute atomic E-state index is 0.160. The van der Waals surface area contributed by atoms with Gasteiger partial charge < -0.3 is 9.26 Å². The van der Waals surface area contributed by atoms with E-state index in [-0.39, 0.29) is 18.0 Å². The molecule has 0 unspecified atom stereocenters. The third-order valence-corrected chi connectivity index (χ3v) is 6.27. The largest absolute Gasteiger partial charge is 0.484 e. The van der Waals surface area contributed by atoms with Crippen LogP contribution in [-0.4, -0.2) is 36.5 Å². The molecule has 0 amide bonds. The zero-order valence-corrected chi connectivity index (χ0v) is 17.9. The van der Waals surface area contributed by atoms with Gasteiger partial charge in [-0.1, -0.05) is 23.4 Å². The van der Waals surface area contributed by atoms with Crippen molar-refractivity contribution in [1.82, 2.24) is 14.4 Å². The summed E-state index contributed by atoms with van der Waals surface area (Å²) in [6.07, 6.45) is 0.342. The van der Waals surface area contributed by atoms with E-state index in [0.717, 1.165) is 22.4 Å². The Labute approximate surface area is 171 Å². The maximum absolute atomic E-state index is 12.7. The lowest BCUT2D eigenvalue weighted by molar-refractivity contribution is 0.242. The van der Waals surface area contributed by atoms with Crippen molar-refractivity contribution in [3.63, 3.8) is 0 Å². The Balaban J connectivity index is 1.57. The first kappa shape index (κ1) is 21.0. The van der Waals surface area contributed by atoms with Gasteiger partial charge in [-0.15, -0.1) is 0 Å². The number of nitrogens with zero attached hydrogens (tertiary/aromatic N) is 3. The van der Waals surface area contributed by atoms with Gasteiger partial charge in [-0.3, -0.25) is 0 Å². The fourth-order valence-corrected chi connectivity index (χ4v) is 4.22. The van der Waals surface area contributed by atoms with E-state index >= 15 is 0 Å². The molecule has 1 aromatic heterocycles. The molecule has 0 saturated heterocycles. The van der Waals surface area contributed by atoms with Gasteiger partial charge >= 0.3 is 0 Å². The van der Waals surface area contributed by atoms with Crippen molar-refractivity contribution >= 4 is 10.0 Å². The molecule has 0 radical (unpaired) electrons. The second-order valence-corrected chi connectivity index (χ2v) is 9.15. The lowest BCUT2D eigenvalue weighted by Gasteiger charge is -2.16. The first-order chi connectivity index (χ1) is 13.7. The average Bonchev–Trinajstić information content (AvgIpc) is 3.11. The van der Waals surface area contributed by atoms with E-state index in [2.05, 4.69) is 16.2 Å². The minimum Gasteiger partial charge on any atom is -0.484 e. The quantitative estimate of drug-likeness (QED) is 0.560. The maximum Gasteiger partial charge on any atom is 0.264 e. The predicted molar refractivity (Wildman–Crippen MR) is 109 cm³/mol. The van der Waals surface area contributed by atoms with E-state index in [9.17, 15) is 8.42 Å². The molecule has 29 heavy (non-hydrogen) atoms. The van der Waals surface area contributed by atoms with E-state index < -0.39 is 10.0 Å². The maximum atomic E-state index is 12.7. The number of aryl methyl sites for hydroxylation is 3. The lowest BCUT2D eigenvalue weighted by atomic mass is 10.1. The molecule has 0 N–H and O–H groups in total. The smallest absolute Gasteiger partial charge is 0.264 e. The molecule has 0 fully saturated rings. The highest BCUT2D eigenvalue weighted by atomic mass is 32.2. The predicted octanol–water partition coefficient (Wildman–Crippen LogP) is 3.44. The van der Waals surface area contributed by atoms with Crippen LogP contribution in [0.3, 0.4) is 0 Å². The summed E-state index contributed by atoms with van der Waals surface area (Å²) in [5, 5.41) is 3.92. The Morgan fingerprint density at radius 2 is 1.76 bits per heavy atom. The highest BCUT2D eigenvalue weighted by molar-refractivity contribution is 7.89. The number of ether oxygens (including phenoxy) is 1. The van der Waals surface area contributed by atoms with Crippen molar-refractivity contribution in [1.29, 1.82) is 0 Å². The fourth-order valence-electron chi connectivity index (χ4n) is 2.94. The molecular weight excluding hydrogens is 390 g/mol. The van der Waals surface area contributed by atoms with Gasteiger partial charge in [0.2, 0.25) is 10.0 Å². The van der Waals surface area contributed by atoms with Crippen LogP contribution < -0.4 is 4.74 Å². The highest BCUT2D eigenvalue weighted by Crippen LogP contribution is 2.18. The van der Waals surface area contributed by atoms with Crippen LogP contribution in [0.5, 0.6) is 5.75 Å². The van der Waals surface area contributed by atoms with E-state index in [1.807, 2.05) is 39.0 Å².